The molecule has 0 aromatic rings. The van der Waals surface area contributed by atoms with Gasteiger partial charge in [0, 0.05) is 0 Å². The fourth-order valence-electron chi connectivity index (χ4n) is 0.995. The summed E-state index contributed by atoms with van der Waals surface area (Å²) in [4.78, 5) is 0. The van der Waals surface area contributed by atoms with E-state index >= 15 is 0 Å². The zero-order chi connectivity index (χ0) is 8.16. The summed E-state index contributed by atoms with van der Waals surface area (Å²) >= 11 is 0. The lowest BCUT2D eigenvalue weighted by Gasteiger charge is -2.32. The second-order valence-electron chi connectivity index (χ2n) is 2.83. The first-order valence-corrected chi connectivity index (χ1v) is 3.71. The maximum Gasteiger partial charge on any atom is 0.122 e. The largest absolute Gasteiger partial charge is 0.499 e. The molecule has 1 aliphatic rings. The maximum atomic E-state index is 5.47. The van der Waals surface area contributed by atoms with E-state index in [1.165, 1.54) is 6.26 Å². The van der Waals surface area contributed by atoms with Gasteiger partial charge in [-0.1, -0.05) is 6.58 Å². The molecular weight excluding hydrogens is 144 g/mol. The van der Waals surface area contributed by atoms with E-state index in [0.717, 1.165) is 0 Å². The molecule has 11 heavy (non-hydrogen) atoms. The van der Waals surface area contributed by atoms with Gasteiger partial charge in [-0.05, 0) is 6.92 Å². The number of hydrogen-bond acceptors (Lipinski definition) is 3. The maximum absolute atomic E-state index is 5.47. The van der Waals surface area contributed by atoms with Crippen LogP contribution in [0.15, 0.2) is 12.8 Å². The van der Waals surface area contributed by atoms with Crippen molar-refractivity contribution >= 4 is 0 Å². The average Bonchev–Trinajstić information content (AvgIpc) is 2.03. The summed E-state index contributed by atoms with van der Waals surface area (Å²) in [5.41, 5.74) is -0.285. The van der Waals surface area contributed by atoms with E-state index in [-0.39, 0.29) is 5.60 Å². The van der Waals surface area contributed by atoms with Gasteiger partial charge in [-0.15, -0.1) is 0 Å². The van der Waals surface area contributed by atoms with Crippen molar-refractivity contribution in [3.05, 3.63) is 12.8 Å². The zero-order valence-electron chi connectivity index (χ0n) is 6.84. The van der Waals surface area contributed by atoms with Gasteiger partial charge in [0.25, 0.3) is 0 Å². The van der Waals surface area contributed by atoms with E-state index in [2.05, 4.69) is 6.58 Å². The molecule has 1 unspecified atom stereocenters. The topological polar surface area (TPSA) is 27.7 Å². The van der Waals surface area contributed by atoms with Crippen molar-refractivity contribution in [3.8, 4) is 0 Å². The van der Waals surface area contributed by atoms with Crippen LogP contribution in [0.2, 0.25) is 0 Å². The Balaban J connectivity index is 2.30. The van der Waals surface area contributed by atoms with Crippen molar-refractivity contribution in [1.29, 1.82) is 0 Å². The highest BCUT2D eigenvalue weighted by Crippen LogP contribution is 2.15. The van der Waals surface area contributed by atoms with Gasteiger partial charge in [-0.3, -0.25) is 0 Å². The predicted molar refractivity (Wildman–Crippen MR) is 41.3 cm³/mol. The standard InChI is InChI=1S/C8H14O3/c1-3-9-6-8(2)7-10-4-5-11-8/h3H,1,4-7H2,2H3. The Bertz CT molecular complexity index is 127. The normalized spacial score (nSPS) is 31.4. The van der Waals surface area contributed by atoms with Gasteiger partial charge in [0.2, 0.25) is 0 Å². The Morgan fingerprint density at radius 1 is 1.64 bits per heavy atom. The minimum Gasteiger partial charge on any atom is -0.499 e. The first-order chi connectivity index (χ1) is 5.27. The van der Waals surface area contributed by atoms with Crippen molar-refractivity contribution in [1.82, 2.24) is 0 Å². The minimum absolute atomic E-state index is 0.285. The molecule has 1 atom stereocenters. The van der Waals surface area contributed by atoms with Crippen LogP contribution in [0.25, 0.3) is 0 Å². The first-order valence-electron chi connectivity index (χ1n) is 3.71. The molecule has 64 valence electrons. The Morgan fingerprint density at radius 3 is 3.00 bits per heavy atom. The van der Waals surface area contributed by atoms with Gasteiger partial charge in [0.05, 0.1) is 26.1 Å². The van der Waals surface area contributed by atoms with Crippen LogP contribution in [0.1, 0.15) is 6.92 Å². The number of rotatable bonds is 3. The second kappa shape index (κ2) is 3.74. The average molecular weight is 158 g/mol. The van der Waals surface area contributed by atoms with E-state index < -0.39 is 0 Å². The Labute approximate surface area is 66.9 Å². The molecule has 0 spiro atoms. The monoisotopic (exact) mass is 158 g/mol. The van der Waals surface area contributed by atoms with Crippen molar-refractivity contribution < 1.29 is 14.2 Å². The molecule has 0 radical (unpaired) electrons. The van der Waals surface area contributed by atoms with Gasteiger partial charge in [-0.25, -0.2) is 0 Å². The molecule has 0 N–H and O–H groups in total. The molecule has 1 rings (SSSR count). The van der Waals surface area contributed by atoms with Crippen LogP contribution in [0.3, 0.4) is 0 Å². The first kappa shape index (κ1) is 8.56. The summed E-state index contributed by atoms with van der Waals surface area (Å²) in [7, 11) is 0. The molecule has 1 fully saturated rings. The summed E-state index contributed by atoms with van der Waals surface area (Å²) in [6.45, 7) is 7.87. The van der Waals surface area contributed by atoms with Gasteiger partial charge >= 0.3 is 0 Å². The van der Waals surface area contributed by atoms with Crippen LogP contribution in [-0.2, 0) is 14.2 Å². The lowest BCUT2D eigenvalue weighted by Crippen LogP contribution is -2.43. The fourth-order valence-corrected chi connectivity index (χ4v) is 0.995. The van der Waals surface area contributed by atoms with E-state index in [9.17, 15) is 0 Å². The molecule has 0 bridgehead atoms. The molecule has 0 aromatic heterocycles. The summed E-state index contributed by atoms with van der Waals surface area (Å²) in [5, 5.41) is 0. The molecule has 0 aromatic carbocycles. The number of hydrogen-bond donors (Lipinski definition) is 0. The molecule has 1 saturated heterocycles. The van der Waals surface area contributed by atoms with Crippen LogP contribution in [-0.4, -0.2) is 32.0 Å². The Morgan fingerprint density at radius 2 is 2.45 bits per heavy atom. The molecule has 3 nitrogen and oxygen atoms in total. The van der Waals surface area contributed by atoms with Gasteiger partial charge in [0.1, 0.15) is 12.2 Å². The van der Waals surface area contributed by atoms with E-state index in [1.54, 1.807) is 0 Å². The highest BCUT2D eigenvalue weighted by Gasteiger charge is 2.29. The quantitative estimate of drug-likeness (QED) is 0.572. The van der Waals surface area contributed by atoms with E-state index in [4.69, 9.17) is 14.2 Å². The van der Waals surface area contributed by atoms with Crippen LogP contribution < -0.4 is 0 Å². The smallest absolute Gasteiger partial charge is 0.122 e. The van der Waals surface area contributed by atoms with Crippen LogP contribution >= 0.6 is 0 Å². The molecule has 1 aliphatic heterocycles. The van der Waals surface area contributed by atoms with Crippen LogP contribution in [0.5, 0.6) is 0 Å². The molecule has 0 aliphatic carbocycles. The predicted octanol–water partition coefficient (Wildman–Crippen LogP) is 0.952. The highest BCUT2D eigenvalue weighted by atomic mass is 16.6. The highest BCUT2D eigenvalue weighted by molar-refractivity contribution is 4.77. The zero-order valence-corrected chi connectivity index (χ0v) is 6.84. The Hall–Kier alpha value is -0.540. The van der Waals surface area contributed by atoms with E-state index in [0.29, 0.717) is 26.4 Å². The van der Waals surface area contributed by atoms with Crippen molar-refractivity contribution in [2.45, 2.75) is 12.5 Å². The third kappa shape index (κ3) is 2.52. The lowest BCUT2D eigenvalue weighted by atomic mass is 10.1. The van der Waals surface area contributed by atoms with Gasteiger partial charge < -0.3 is 14.2 Å². The Kier molecular flexibility index (Phi) is 2.91. The fraction of sp³-hybridized carbons (Fsp3) is 0.750. The molecular formula is C8H14O3. The lowest BCUT2D eigenvalue weighted by molar-refractivity contribution is -0.165. The summed E-state index contributed by atoms with van der Waals surface area (Å²) in [6.07, 6.45) is 1.42. The number of ether oxygens (including phenoxy) is 3. The third-order valence-electron chi connectivity index (χ3n) is 1.59. The summed E-state index contributed by atoms with van der Waals surface area (Å²) < 4.78 is 15.7. The van der Waals surface area contributed by atoms with Gasteiger partial charge in [0.15, 0.2) is 0 Å². The van der Waals surface area contributed by atoms with Crippen molar-refractivity contribution in [2.24, 2.45) is 0 Å². The molecule has 0 amide bonds. The molecule has 0 saturated carbocycles. The second-order valence-corrected chi connectivity index (χ2v) is 2.83. The van der Waals surface area contributed by atoms with Gasteiger partial charge in [-0.2, -0.15) is 0 Å². The SMILES string of the molecule is C=COCC1(C)COCCO1. The van der Waals surface area contributed by atoms with Crippen LogP contribution in [0, 0.1) is 0 Å². The molecule has 3 heteroatoms. The van der Waals surface area contributed by atoms with Crippen molar-refractivity contribution in [3.63, 3.8) is 0 Å². The van der Waals surface area contributed by atoms with E-state index in [1.807, 2.05) is 6.92 Å². The third-order valence-corrected chi connectivity index (χ3v) is 1.59. The van der Waals surface area contributed by atoms with Crippen molar-refractivity contribution in [2.75, 3.05) is 26.4 Å². The summed E-state index contributed by atoms with van der Waals surface area (Å²) in [6, 6.07) is 0. The minimum atomic E-state index is -0.285. The van der Waals surface area contributed by atoms with Crippen LogP contribution in [0.4, 0.5) is 0 Å². The molecule has 1 heterocycles. The summed E-state index contributed by atoms with van der Waals surface area (Å²) in [5.74, 6) is 0.